The topological polar surface area (TPSA) is 95.9 Å². The fourth-order valence-electron chi connectivity index (χ4n) is 11.8. The Kier molecular flexibility index (Phi) is 69.4. The van der Waals surface area contributed by atoms with Gasteiger partial charge in [-0.1, -0.05) is 372 Å². The predicted molar refractivity (Wildman–Crippen MR) is 356 cm³/mol. The number of unbranched alkanes of at least 4 members (excludes halogenated alkanes) is 57. The molecule has 0 aromatic heterocycles. The van der Waals surface area contributed by atoms with Gasteiger partial charge in [0.15, 0.2) is 0 Å². The van der Waals surface area contributed by atoms with Gasteiger partial charge in [0, 0.05) is 12.8 Å². The minimum atomic E-state index is -0.839. The first kappa shape index (κ1) is 79.3. The molecule has 0 radical (unpaired) electrons. The molecule has 0 aliphatic heterocycles. The quantitative estimate of drug-likeness (QED) is 0.0320. The maximum Gasteiger partial charge on any atom is 0.305 e. The summed E-state index contributed by atoms with van der Waals surface area (Å²) in [6.07, 6.45) is 90.1. The van der Waals surface area contributed by atoms with Gasteiger partial charge in [0.2, 0.25) is 5.91 Å². The van der Waals surface area contributed by atoms with Gasteiger partial charge in [0.05, 0.1) is 25.4 Å². The number of rotatable bonds is 70. The summed E-state index contributed by atoms with van der Waals surface area (Å²) < 4.78 is 5.49. The molecule has 0 aliphatic carbocycles. The van der Waals surface area contributed by atoms with Crippen LogP contribution < -0.4 is 5.32 Å². The third kappa shape index (κ3) is 67.3. The van der Waals surface area contributed by atoms with Gasteiger partial charge in [-0.3, -0.25) is 9.59 Å². The SMILES string of the molecule is CCCCCC/C=C\CCCCCCCC(=O)OCCCCCCCCCCCCCCCCCCCCCCCCCCCCCCCCCCCCCCCC(=O)NC(CO)C(O)/C=C/CCCCCCCCCCCCCC. The Balaban J connectivity index is 3.30. The van der Waals surface area contributed by atoms with Gasteiger partial charge in [-0.05, 0) is 57.8 Å². The summed E-state index contributed by atoms with van der Waals surface area (Å²) in [5.74, 6) is -0.0455. The van der Waals surface area contributed by atoms with Crippen LogP contribution >= 0.6 is 0 Å². The number of hydrogen-bond donors (Lipinski definition) is 3. The fraction of sp³-hybridized carbons (Fsp3) is 0.920. The molecule has 81 heavy (non-hydrogen) atoms. The molecule has 0 aliphatic rings. The summed E-state index contributed by atoms with van der Waals surface area (Å²) in [4.78, 5) is 24.5. The van der Waals surface area contributed by atoms with Gasteiger partial charge in [0.1, 0.15) is 0 Å². The highest BCUT2D eigenvalue weighted by atomic mass is 16.5. The smallest absolute Gasteiger partial charge is 0.305 e. The second kappa shape index (κ2) is 70.8. The molecule has 2 atom stereocenters. The monoisotopic (exact) mass is 1140 g/mol. The fourth-order valence-corrected chi connectivity index (χ4v) is 11.8. The van der Waals surface area contributed by atoms with Crippen LogP contribution in [0.25, 0.3) is 0 Å². The molecule has 0 saturated heterocycles. The number of hydrogen-bond acceptors (Lipinski definition) is 5. The molecule has 0 rings (SSSR count). The molecule has 0 aromatic carbocycles. The standard InChI is InChI=1S/C75H145NO5/c1-3-5-7-9-11-13-15-17-44-47-51-55-59-63-67-73(78)72(71-77)76-74(79)68-64-60-56-52-48-45-41-39-37-35-33-31-29-27-25-23-21-19-18-20-22-24-26-28-30-32-34-36-38-40-42-46-50-54-58-62-66-70-81-75(80)69-65-61-57-53-49-43-16-14-12-10-8-6-4-2/h14,16,63,67,72-73,77-78H,3-13,15,17-62,64-66,68-71H2,1-2H3,(H,76,79)/b16-14-,67-63+. The van der Waals surface area contributed by atoms with E-state index in [1.165, 1.54) is 347 Å². The number of ether oxygens (including phenoxy) is 1. The Hall–Kier alpha value is -1.66. The Labute approximate surface area is 507 Å². The first-order valence-corrected chi connectivity index (χ1v) is 37.1. The molecular formula is C75H145NO5. The number of esters is 1. The lowest BCUT2D eigenvalue weighted by Gasteiger charge is -2.20. The van der Waals surface area contributed by atoms with Crippen LogP contribution in [0.3, 0.4) is 0 Å². The number of carbonyl (C=O) groups is 2. The van der Waals surface area contributed by atoms with E-state index in [0.717, 1.165) is 44.9 Å². The molecule has 6 heteroatoms. The van der Waals surface area contributed by atoms with Crippen molar-refractivity contribution in [1.82, 2.24) is 5.32 Å². The van der Waals surface area contributed by atoms with E-state index in [1.807, 2.05) is 6.08 Å². The molecule has 0 bridgehead atoms. The van der Waals surface area contributed by atoms with Crippen LogP contribution in [0.5, 0.6) is 0 Å². The van der Waals surface area contributed by atoms with Crippen LogP contribution in [-0.4, -0.2) is 47.4 Å². The van der Waals surface area contributed by atoms with Gasteiger partial charge in [-0.2, -0.15) is 0 Å². The van der Waals surface area contributed by atoms with Gasteiger partial charge in [-0.25, -0.2) is 0 Å². The lowest BCUT2D eigenvalue weighted by Crippen LogP contribution is -2.45. The normalized spacial score (nSPS) is 12.6. The number of amides is 1. The number of allylic oxidation sites excluding steroid dienone is 3. The van der Waals surface area contributed by atoms with Gasteiger partial charge in [0.25, 0.3) is 0 Å². The van der Waals surface area contributed by atoms with E-state index in [9.17, 15) is 19.8 Å². The molecule has 0 aromatic rings. The third-order valence-electron chi connectivity index (χ3n) is 17.5. The zero-order valence-corrected chi connectivity index (χ0v) is 55.0. The largest absolute Gasteiger partial charge is 0.466 e. The van der Waals surface area contributed by atoms with Crippen molar-refractivity contribution in [2.75, 3.05) is 13.2 Å². The van der Waals surface area contributed by atoms with Crippen molar-refractivity contribution in [1.29, 1.82) is 0 Å². The second-order valence-electron chi connectivity index (χ2n) is 25.6. The zero-order valence-electron chi connectivity index (χ0n) is 55.0. The third-order valence-corrected chi connectivity index (χ3v) is 17.5. The maximum atomic E-state index is 12.5. The number of aliphatic hydroxyl groups excluding tert-OH is 2. The van der Waals surface area contributed by atoms with E-state index < -0.39 is 12.1 Å². The first-order chi connectivity index (χ1) is 40.0. The van der Waals surface area contributed by atoms with Crippen molar-refractivity contribution in [3.8, 4) is 0 Å². The van der Waals surface area contributed by atoms with E-state index in [-0.39, 0.29) is 18.5 Å². The van der Waals surface area contributed by atoms with Crippen LogP contribution in [0.1, 0.15) is 418 Å². The zero-order chi connectivity index (χ0) is 58.5. The number of aliphatic hydroxyl groups is 2. The molecule has 0 saturated carbocycles. The highest BCUT2D eigenvalue weighted by Crippen LogP contribution is 2.19. The summed E-state index contributed by atoms with van der Waals surface area (Å²) in [5, 5.41) is 23.2. The molecule has 0 fully saturated rings. The van der Waals surface area contributed by atoms with Crippen molar-refractivity contribution in [2.45, 2.75) is 431 Å². The Morgan fingerprint density at radius 1 is 0.333 bits per heavy atom. The second-order valence-corrected chi connectivity index (χ2v) is 25.6. The van der Waals surface area contributed by atoms with Crippen molar-refractivity contribution in [3.63, 3.8) is 0 Å². The lowest BCUT2D eigenvalue weighted by atomic mass is 10.0. The lowest BCUT2D eigenvalue weighted by molar-refractivity contribution is -0.143. The van der Waals surface area contributed by atoms with E-state index in [0.29, 0.717) is 19.4 Å². The average Bonchev–Trinajstić information content (AvgIpc) is 3.47. The Bertz CT molecular complexity index is 1270. The molecule has 0 heterocycles. The highest BCUT2D eigenvalue weighted by molar-refractivity contribution is 5.76. The predicted octanol–water partition coefficient (Wildman–Crippen LogP) is 24.1. The van der Waals surface area contributed by atoms with Gasteiger partial charge in [-0.15, -0.1) is 0 Å². The number of nitrogens with one attached hydrogen (secondary N) is 1. The van der Waals surface area contributed by atoms with E-state index >= 15 is 0 Å². The first-order valence-electron chi connectivity index (χ1n) is 37.1. The molecule has 0 spiro atoms. The van der Waals surface area contributed by atoms with Crippen molar-refractivity contribution >= 4 is 11.9 Å². The summed E-state index contributed by atoms with van der Waals surface area (Å²) in [5.41, 5.74) is 0. The van der Waals surface area contributed by atoms with E-state index in [2.05, 4.69) is 31.3 Å². The molecule has 3 N–H and O–H groups in total. The summed E-state index contributed by atoms with van der Waals surface area (Å²) >= 11 is 0. The van der Waals surface area contributed by atoms with Gasteiger partial charge < -0.3 is 20.3 Å². The van der Waals surface area contributed by atoms with Gasteiger partial charge >= 0.3 is 5.97 Å². The minimum Gasteiger partial charge on any atom is -0.466 e. The van der Waals surface area contributed by atoms with Crippen LogP contribution in [0.15, 0.2) is 24.3 Å². The Morgan fingerprint density at radius 2 is 0.580 bits per heavy atom. The van der Waals surface area contributed by atoms with Crippen LogP contribution in [0.4, 0.5) is 0 Å². The molecule has 2 unspecified atom stereocenters. The van der Waals surface area contributed by atoms with Crippen molar-refractivity contribution in [3.05, 3.63) is 24.3 Å². The Morgan fingerprint density at radius 3 is 0.889 bits per heavy atom. The van der Waals surface area contributed by atoms with E-state index in [4.69, 9.17) is 4.74 Å². The van der Waals surface area contributed by atoms with Crippen LogP contribution in [-0.2, 0) is 14.3 Å². The molecular weight excluding hydrogens is 995 g/mol. The van der Waals surface area contributed by atoms with E-state index in [1.54, 1.807) is 6.08 Å². The van der Waals surface area contributed by atoms with Crippen LogP contribution in [0, 0.1) is 0 Å². The molecule has 6 nitrogen and oxygen atoms in total. The summed E-state index contributed by atoms with van der Waals surface area (Å²) in [6.45, 7) is 4.92. The minimum absolute atomic E-state index is 0.0144. The summed E-state index contributed by atoms with van der Waals surface area (Å²) in [6, 6.07) is -0.622. The molecule has 480 valence electrons. The number of carbonyl (C=O) groups excluding carboxylic acids is 2. The maximum absolute atomic E-state index is 12.5. The summed E-state index contributed by atoms with van der Waals surface area (Å²) in [7, 11) is 0. The highest BCUT2D eigenvalue weighted by Gasteiger charge is 2.18. The molecule has 1 amide bonds. The van der Waals surface area contributed by atoms with Crippen molar-refractivity contribution < 1.29 is 24.5 Å². The average molecular weight is 1140 g/mol. The van der Waals surface area contributed by atoms with Crippen LogP contribution in [0.2, 0.25) is 0 Å². The van der Waals surface area contributed by atoms with Crippen molar-refractivity contribution in [2.24, 2.45) is 0 Å².